The smallest absolute Gasteiger partial charge is 0.419 e. The molecule has 0 aliphatic heterocycles. The number of nitrogens with two attached hydrogens (primary N) is 1. The molecule has 0 atom stereocenters. The van der Waals surface area contributed by atoms with Crippen LogP contribution < -0.4 is 11.5 Å². The molecule has 0 fully saturated rings. The van der Waals surface area contributed by atoms with E-state index in [1.165, 1.54) is 16.7 Å². The maximum Gasteiger partial charge on any atom is 0.419 e. The summed E-state index contributed by atoms with van der Waals surface area (Å²) in [5, 5.41) is 9.79. The zero-order chi connectivity index (χ0) is 18.3. The van der Waals surface area contributed by atoms with Gasteiger partial charge in [0.1, 0.15) is 5.82 Å². The van der Waals surface area contributed by atoms with Crippen molar-refractivity contribution < 1.29 is 13.9 Å². The highest BCUT2D eigenvalue weighted by atomic mass is 19.1. The van der Waals surface area contributed by atoms with Crippen molar-refractivity contribution in [3.05, 3.63) is 70.9 Å². The van der Waals surface area contributed by atoms with E-state index in [4.69, 9.17) is 15.3 Å². The van der Waals surface area contributed by atoms with Crippen LogP contribution in [0.15, 0.2) is 63.8 Å². The minimum absolute atomic E-state index is 0.279. The van der Waals surface area contributed by atoms with Gasteiger partial charge in [0.2, 0.25) is 0 Å². The molecule has 0 saturated carbocycles. The average Bonchev–Trinajstić information content (AvgIpc) is 3.18. The molecule has 4 rings (SSSR count). The molecule has 2 heterocycles. The summed E-state index contributed by atoms with van der Waals surface area (Å²) >= 11 is 0. The van der Waals surface area contributed by atoms with Crippen molar-refractivity contribution in [1.82, 2.24) is 9.55 Å². The summed E-state index contributed by atoms with van der Waals surface area (Å²) in [4.78, 5) is 15.2. The molecule has 26 heavy (non-hydrogen) atoms. The van der Waals surface area contributed by atoms with Crippen LogP contribution >= 0.6 is 0 Å². The second-order valence-electron chi connectivity index (χ2n) is 6.05. The quantitative estimate of drug-likeness (QED) is 0.488. The number of halogens is 1. The van der Waals surface area contributed by atoms with Crippen LogP contribution in [0.3, 0.4) is 0 Å². The average molecular weight is 353 g/mol. The molecule has 0 aliphatic carbocycles. The van der Waals surface area contributed by atoms with Crippen molar-refractivity contribution in [2.75, 3.05) is 0 Å². The van der Waals surface area contributed by atoms with Crippen LogP contribution in [0, 0.1) is 5.82 Å². The molecule has 4 aromatic rings. The Bertz CT molecular complexity index is 1200. The number of nitrogens with zero attached hydrogens (tertiary/aromatic N) is 1. The van der Waals surface area contributed by atoms with E-state index >= 15 is 0 Å². The van der Waals surface area contributed by atoms with Gasteiger partial charge in [0.05, 0.1) is 11.8 Å². The second kappa shape index (κ2) is 6.11. The Morgan fingerprint density at radius 3 is 2.96 bits per heavy atom. The number of aryl methyl sites for hydroxylation is 1. The number of aromatic amines is 1. The van der Waals surface area contributed by atoms with E-state index in [1.54, 1.807) is 18.3 Å². The molecule has 0 spiro atoms. The van der Waals surface area contributed by atoms with Gasteiger partial charge in [-0.25, -0.2) is 9.18 Å². The van der Waals surface area contributed by atoms with E-state index in [-0.39, 0.29) is 18.1 Å². The van der Waals surface area contributed by atoms with Crippen LogP contribution in [0.1, 0.15) is 6.42 Å². The summed E-state index contributed by atoms with van der Waals surface area (Å²) < 4.78 is 20.1. The van der Waals surface area contributed by atoms with Gasteiger partial charge >= 0.3 is 5.76 Å². The number of allylic oxidation sites excluding steroid dienone is 1. The van der Waals surface area contributed by atoms with Crippen LogP contribution in [-0.2, 0) is 6.54 Å². The molecule has 0 bridgehead atoms. The van der Waals surface area contributed by atoms with Crippen LogP contribution in [0.5, 0.6) is 0 Å². The van der Waals surface area contributed by atoms with E-state index in [0.717, 1.165) is 22.8 Å². The summed E-state index contributed by atoms with van der Waals surface area (Å²) in [5.74, 6) is -0.788. The minimum Gasteiger partial charge on any atom is -0.514 e. The van der Waals surface area contributed by atoms with Gasteiger partial charge in [-0.3, -0.25) is 4.57 Å². The molecule has 2 aromatic heterocycles. The van der Waals surface area contributed by atoms with Crippen molar-refractivity contribution in [3.63, 3.8) is 0 Å². The fourth-order valence-corrected chi connectivity index (χ4v) is 3.08. The first kappa shape index (κ1) is 16.0. The predicted molar refractivity (Wildman–Crippen MR) is 97.2 cm³/mol. The number of oxazole rings is 1. The third kappa shape index (κ3) is 2.63. The Hall–Kier alpha value is -3.48. The Labute approximate surface area is 147 Å². The number of benzene rings is 2. The first-order valence-corrected chi connectivity index (χ1v) is 8.06. The van der Waals surface area contributed by atoms with Crippen molar-refractivity contribution in [3.8, 4) is 11.1 Å². The zero-order valence-electron chi connectivity index (χ0n) is 13.7. The number of nitrogens with one attached hydrogen (secondary N) is 1. The molecule has 0 aliphatic rings. The van der Waals surface area contributed by atoms with Gasteiger partial charge in [-0.2, -0.15) is 0 Å². The molecular weight excluding hydrogens is 337 g/mol. The van der Waals surface area contributed by atoms with Gasteiger partial charge in [-0.05, 0) is 35.9 Å². The molecule has 2 aromatic carbocycles. The zero-order valence-corrected chi connectivity index (χ0v) is 13.7. The Kier molecular flexibility index (Phi) is 3.76. The highest BCUT2D eigenvalue weighted by molar-refractivity contribution is 5.97. The molecular formula is C19H16FN3O3. The molecule has 0 unspecified atom stereocenters. The predicted octanol–water partition coefficient (Wildman–Crippen LogP) is 3.63. The monoisotopic (exact) mass is 353 g/mol. The molecule has 0 radical (unpaired) electrons. The molecule has 0 saturated heterocycles. The number of aromatic nitrogens is 2. The lowest BCUT2D eigenvalue weighted by atomic mass is 10.0. The fraction of sp³-hybridized carbons (Fsp3) is 0.105. The van der Waals surface area contributed by atoms with Crippen LogP contribution in [-0.4, -0.2) is 14.7 Å². The first-order chi connectivity index (χ1) is 12.6. The normalized spacial score (nSPS) is 12.3. The van der Waals surface area contributed by atoms with Crippen molar-refractivity contribution in [1.29, 1.82) is 0 Å². The number of fused-ring (bicyclic) bond motifs is 2. The van der Waals surface area contributed by atoms with Gasteiger partial charge < -0.3 is 20.2 Å². The third-order valence-corrected chi connectivity index (χ3v) is 4.41. The number of H-pyrrole nitrogens is 1. The van der Waals surface area contributed by atoms with Crippen molar-refractivity contribution in [2.24, 2.45) is 5.73 Å². The number of hydrogen-bond acceptors (Lipinski definition) is 4. The minimum atomic E-state index is -0.483. The Morgan fingerprint density at radius 1 is 1.31 bits per heavy atom. The Balaban J connectivity index is 1.82. The van der Waals surface area contributed by atoms with Crippen LogP contribution in [0.25, 0.3) is 33.1 Å². The van der Waals surface area contributed by atoms with E-state index in [9.17, 15) is 9.18 Å². The second-order valence-corrected chi connectivity index (χ2v) is 6.05. The van der Waals surface area contributed by atoms with E-state index in [2.05, 4.69) is 4.98 Å². The summed E-state index contributed by atoms with van der Waals surface area (Å²) in [6, 6.07) is 10.0. The summed E-state index contributed by atoms with van der Waals surface area (Å²) in [5.41, 5.74) is 9.45. The van der Waals surface area contributed by atoms with Gasteiger partial charge in [0.25, 0.3) is 0 Å². The Morgan fingerprint density at radius 2 is 2.15 bits per heavy atom. The fourth-order valence-electron chi connectivity index (χ4n) is 3.08. The summed E-state index contributed by atoms with van der Waals surface area (Å²) in [6.45, 7) is 0.289. The molecule has 6 nitrogen and oxygen atoms in total. The first-order valence-electron chi connectivity index (χ1n) is 8.06. The van der Waals surface area contributed by atoms with Crippen LogP contribution in [0.4, 0.5) is 4.39 Å². The summed E-state index contributed by atoms with van der Waals surface area (Å²) in [6.07, 6.45) is 2.95. The lowest BCUT2D eigenvalue weighted by molar-refractivity contribution is 0.458. The number of aliphatic hydroxyl groups excluding tert-OH is 1. The molecule has 0 amide bonds. The van der Waals surface area contributed by atoms with E-state index in [1.807, 2.05) is 12.1 Å². The van der Waals surface area contributed by atoms with Gasteiger partial charge in [-0.15, -0.1) is 0 Å². The highest BCUT2D eigenvalue weighted by Crippen LogP contribution is 2.31. The largest absolute Gasteiger partial charge is 0.514 e. The number of hydrogen-bond donors (Lipinski definition) is 3. The standard InChI is InChI=1S/C19H16FN3O3/c20-12-2-3-14-15(9-22-16(14)8-12)11-1-4-18-17(7-11)23(19(25)26-18)6-5-13(21)10-24/h1-4,7-10,22,24H,5-6,21H2. The number of rotatable bonds is 4. The lowest BCUT2D eigenvalue weighted by Gasteiger charge is -2.04. The van der Waals surface area contributed by atoms with Crippen molar-refractivity contribution in [2.45, 2.75) is 13.0 Å². The third-order valence-electron chi connectivity index (χ3n) is 4.41. The molecule has 4 N–H and O–H groups in total. The SMILES string of the molecule is NC(=CO)CCn1c(=O)oc2ccc(-c3c[nH]c4cc(F)ccc34)cc21. The maximum atomic E-state index is 13.4. The molecule has 7 heteroatoms. The maximum absolute atomic E-state index is 13.4. The van der Waals surface area contributed by atoms with E-state index in [0.29, 0.717) is 23.0 Å². The van der Waals surface area contributed by atoms with Gasteiger partial charge in [-0.1, -0.05) is 6.07 Å². The number of aliphatic hydroxyl groups is 1. The van der Waals surface area contributed by atoms with Gasteiger partial charge in [0, 0.05) is 41.3 Å². The van der Waals surface area contributed by atoms with Crippen LogP contribution in [0.2, 0.25) is 0 Å². The van der Waals surface area contributed by atoms with E-state index < -0.39 is 5.76 Å². The summed E-state index contributed by atoms with van der Waals surface area (Å²) in [7, 11) is 0. The molecule has 132 valence electrons. The van der Waals surface area contributed by atoms with Crippen molar-refractivity contribution >= 4 is 22.0 Å². The van der Waals surface area contributed by atoms with Gasteiger partial charge in [0.15, 0.2) is 5.58 Å². The lowest BCUT2D eigenvalue weighted by Crippen LogP contribution is -2.15. The highest BCUT2D eigenvalue weighted by Gasteiger charge is 2.13. The topological polar surface area (TPSA) is 97.2 Å².